The minimum absolute atomic E-state index is 0.0953. The lowest BCUT2D eigenvalue weighted by Gasteiger charge is -2.27. The lowest BCUT2D eigenvalue weighted by Crippen LogP contribution is -2.44. The Kier molecular flexibility index (Phi) is 6.96. The molecule has 7 nitrogen and oxygen atoms in total. The maximum Gasteiger partial charge on any atom is 0.241 e. The number of anilines is 1. The van der Waals surface area contributed by atoms with Crippen LogP contribution in [0.2, 0.25) is 0 Å². The molecule has 9 heteroatoms. The quantitative estimate of drug-likeness (QED) is 0.740. The van der Waals surface area contributed by atoms with Crippen LogP contribution in [0, 0.1) is 11.7 Å². The standard InChI is InChI=1S/C17H24FN3O4S/c1-13(12-26(24,25)20-15-7-5-6-14(18)10-15)17(23)19-11-16(22)21-8-3-2-4-9-21/h5-7,10,13,20H,2-4,8-9,11-12H2,1H3,(H,19,23). The number of carbonyl (C=O) groups is 2. The summed E-state index contributed by atoms with van der Waals surface area (Å²) in [6, 6.07) is 5.06. The van der Waals surface area contributed by atoms with Crippen LogP contribution in [-0.4, -0.2) is 50.5 Å². The van der Waals surface area contributed by atoms with Crippen molar-refractivity contribution in [3.63, 3.8) is 0 Å². The van der Waals surface area contributed by atoms with Gasteiger partial charge in [-0.3, -0.25) is 14.3 Å². The number of benzene rings is 1. The second kappa shape index (κ2) is 8.98. The fraction of sp³-hybridized carbons (Fsp3) is 0.529. The Morgan fingerprint density at radius 3 is 2.58 bits per heavy atom. The lowest BCUT2D eigenvalue weighted by molar-refractivity contribution is -0.134. The van der Waals surface area contributed by atoms with E-state index in [0.29, 0.717) is 13.1 Å². The number of hydrogen-bond donors (Lipinski definition) is 2. The van der Waals surface area contributed by atoms with Crippen molar-refractivity contribution in [3.05, 3.63) is 30.1 Å². The van der Waals surface area contributed by atoms with Gasteiger partial charge in [-0.2, -0.15) is 0 Å². The molecule has 26 heavy (non-hydrogen) atoms. The van der Waals surface area contributed by atoms with Gasteiger partial charge in [0.25, 0.3) is 0 Å². The van der Waals surface area contributed by atoms with E-state index in [4.69, 9.17) is 0 Å². The fourth-order valence-corrected chi connectivity index (χ4v) is 4.15. The number of likely N-dealkylation sites (tertiary alicyclic amines) is 1. The Labute approximate surface area is 153 Å². The SMILES string of the molecule is CC(CS(=O)(=O)Nc1cccc(F)c1)C(=O)NCC(=O)N1CCCCC1. The van der Waals surface area contributed by atoms with Gasteiger partial charge in [-0.25, -0.2) is 12.8 Å². The Bertz CT molecular complexity index is 748. The van der Waals surface area contributed by atoms with Crippen LogP contribution in [-0.2, 0) is 19.6 Å². The van der Waals surface area contributed by atoms with Crippen molar-refractivity contribution in [2.24, 2.45) is 5.92 Å². The first-order valence-corrected chi connectivity index (χ1v) is 10.2. The molecule has 0 aromatic heterocycles. The molecule has 1 aliphatic rings. The highest BCUT2D eigenvalue weighted by Gasteiger charge is 2.23. The summed E-state index contributed by atoms with van der Waals surface area (Å²) in [5, 5.41) is 2.49. The summed E-state index contributed by atoms with van der Waals surface area (Å²) in [6.07, 6.45) is 3.02. The van der Waals surface area contributed by atoms with Gasteiger partial charge >= 0.3 is 0 Å². The predicted octanol–water partition coefficient (Wildman–Crippen LogP) is 1.33. The molecule has 2 amide bonds. The molecule has 2 N–H and O–H groups in total. The molecule has 0 aliphatic carbocycles. The summed E-state index contributed by atoms with van der Waals surface area (Å²) >= 11 is 0. The molecule has 1 aromatic rings. The molecule has 1 heterocycles. The molecule has 144 valence electrons. The molecule has 0 saturated carbocycles. The van der Waals surface area contributed by atoms with E-state index in [-0.39, 0.29) is 18.1 Å². The Morgan fingerprint density at radius 2 is 1.92 bits per heavy atom. The van der Waals surface area contributed by atoms with E-state index in [9.17, 15) is 22.4 Å². The summed E-state index contributed by atoms with van der Waals surface area (Å²) in [5.41, 5.74) is 0.0953. The van der Waals surface area contributed by atoms with Gasteiger partial charge in [-0.05, 0) is 37.5 Å². The molecule has 0 spiro atoms. The maximum atomic E-state index is 13.1. The van der Waals surface area contributed by atoms with E-state index in [1.807, 2.05) is 0 Å². The molecule has 1 atom stereocenters. The van der Waals surface area contributed by atoms with Crippen molar-refractivity contribution in [2.45, 2.75) is 26.2 Å². The van der Waals surface area contributed by atoms with Crippen molar-refractivity contribution < 1.29 is 22.4 Å². The van der Waals surface area contributed by atoms with E-state index in [2.05, 4.69) is 10.0 Å². The summed E-state index contributed by atoms with van der Waals surface area (Å²) in [7, 11) is -3.83. The highest BCUT2D eigenvalue weighted by atomic mass is 32.2. The zero-order valence-corrected chi connectivity index (χ0v) is 15.5. The van der Waals surface area contributed by atoms with Gasteiger partial charge in [-0.15, -0.1) is 0 Å². The van der Waals surface area contributed by atoms with Crippen molar-refractivity contribution in [1.82, 2.24) is 10.2 Å². The molecule has 1 unspecified atom stereocenters. The summed E-state index contributed by atoms with van der Waals surface area (Å²) in [4.78, 5) is 25.8. The number of nitrogens with zero attached hydrogens (tertiary/aromatic N) is 1. The van der Waals surface area contributed by atoms with Crippen LogP contribution in [0.25, 0.3) is 0 Å². The average Bonchev–Trinajstić information content (AvgIpc) is 2.59. The van der Waals surface area contributed by atoms with Crippen LogP contribution < -0.4 is 10.0 Å². The largest absolute Gasteiger partial charge is 0.347 e. The van der Waals surface area contributed by atoms with Gasteiger partial charge in [0.1, 0.15) is 5.82 Å². The maximum absolute atomic E-state index is 13.1. The van der Waals surface area contributed by atoms with Gasteiger partial charge < -0.3 is 10.2 Å². The van der Waals surface area contributed by atoms with E-state index in [1.165, 1.54) is 25.1 Å². The Balaban J connectivity index is 1.82. The second-order valence-electron chi connectivity index (χ2n) is 6.45. The second-order valence-corrected chi connectivity index (χ2v) is 8.22. The third-order valence-electron chi connectivity index (χ3n) is 4.14. The molecule has 2 rings (SSSR count). The van der Waals surface area contributed by atoms with E-state index >= 15 is 0 Å². The van der Waals surface area contributed by atoms with Gasteiger partial charge in [0.15, 0.2) is 0 Å². The van der Waals surface area contributed by atoms with Crippen molar-refractivity contribution in [2.75, 3.05) is 30.1 Å². The average molecular weight is 385 g/mol. The van der Waals surface area contributed by atoms with Crippen LogP contribution >= 0.6 is 0 Å². The molecular formula is C17H24FN3O4S. The third-order valence-corrected chi connectivity index (χ3v) is 5.62. The fourth-order valence-electron chi connectivity index (χ4n) is 2.77. The van der Waals surface area contributed by atoms with Gasteiger partial charge in [-0.1, -0.05) is 13.0 Å². The first-order valence-electron chi connectivity index (χ1n) is 8.58. The van der Waals surface area contributed by atoms with Crippen LogP contribution in [0.15, 0.2) is 24.3 Å². The number of hydrogen-bond acceptors (Lipinski definition) is 4. The molecule has 1 aliphatic heterocycles. The minimum Gasteiger partial charge on any atom is -0.347 e. The summed E-state index contributed by atoms with van der Waals surface area (Å²) < 4.78 is 39.6. The number of rotatable bonds is 7. The number of halogens is 1. The Hall–Kier alpha value is -2.16. The summed E-state index contributed by atoms with van der Waals surface area (Å²) in [6.45, 7) is 2.71. The highest BCUT2D eigenvalue weighted by molar-refractivity contribution is 7.92. The zero-order chi connectivity index (χ0) is 19.2. The van der Waals surface area contributed by atoms with Crippen molar-refractivity contribution in [3.8, 4) is 0 Å². The first-order chi connectivity index (χ1) is 12.3. The van der Waals surface area contributed by atoms with Crippen molar-refractivity contribution >= 4 is 27.5 Å². The number of piperidine rings is 1. The lowest BCUT2D eigenvalue weighted by atomic mass is 10.1. The van der Waals surface area contributed by atoms with Gasteiger partial charge in [0.05, 0.1) is 23.9 Å². The highest BCUT2D eigenvalue weighted by Crippen LogP contribution is 2.13. The number of nitrogens with one attached hydrogen (secondary N) is 2. The predicted molar refractivity (Wildman–Crippen MR) is 96.4 cm³/mol. The zero-order valence-electron chi connectivity index (χ0n) is 14.7. The number of carbonyl (C=O) groups excluding carboxylic acids is 2. The topological polar surface area (TPSA) is 95.6 Å². The molecule has 0 radical (unpaired) electrons. The van der Waals surface area contributed by atoms with Crippen LogP contribution in [0.3, 0.4) is 0 Å². The van der Waals surface area contributed by atoms with Crippen molar-refractivity contribution in [1.29, 1.82) is 0 Å². The summed E-state index contributed by atoms with van der Waals surface area (Å²) in [5.74, 6) is -2.55. The molecule has 1 saturated heterocycles. The normalized spacial score (nSPS) is 16.0. The number of sulfonamides is 1. The van der Waals surface area contributed by atoms with Crippen LogP contribution in [0.4, 0.5) is 10.1 Å². The van der Waals surface area contributed by atoms with E-state index in [0.717, 1.165) is 25.3 Å². The molecule has 1 aromatic carbocycles. The number of amides is 2. The van der Waals surface area contributed by atoms with E-state index < -0.39 is 33.4 Å². The van der Waals surface area contributed by atoms with E-state index in [1.54, 1.807) is 4.90 Å². The smallest absolute Gasteiger partial charge is 0.241 e. The molecule has 0 bridgehead atoms. The molecular weight excluding hydrogens is 361 g/mol. The van der Waals surface area contributed by atoms with Crippen LogP contribution in [0.5, 0.6) is 0 Å². The van der Waals surface area contributed by atoms with Gasteiger partial charge in [0.2, 0.25) is 21.8 Å². The minimum atomic E-state index is -3.83. The van der Waals surface area contributed by atoms with Gasteiger partial charge in [0, 0.05) is 13.1 Å². The monoisotopic (exact) mass is 385 g/mol. The molecule has 1 fully saturated rings. The first kappa shape index (κ1) is 20.2. The third kappa shape index (κ3) is 6.29. The Morgan fingerprint density at radius 1 is 1.23 bits per heavy atom. The van der Waals surface area contributed by atoms with Crippen LogP contribution in [0.1, 0.15) is 26.2 Å².